The van der Waals surface area contributed by atoms with Crippen molar-refractivity contribution in [2.45, 2.75) is 26.3 Å². The van der Waals surface area contributed by atoms with Crippen LogP contribution in [-0.2, 0) is 19.9 Å². The van der Waals surface area contributed by atoms with Gasteiger partial charge in [-0.3, -0.25) is 14.5 Å². The average molecular weight is 439 g/mol. The summed E-state index contributed by atoms with van der Waals surface area (Å²) in [6, 6.07) is 10.7. The molecule has 32 heavy (non-hydrogen) atoms. The van der Waals surface area contributed by atoms with Crippen LogP contribution in [0.1, 0.15) is 35.3 Å². The maximum atomic E-state index is 13.1. The predicted molar refractivity (Wildman–Crippen MR) is 116 cm³/mol. The Kier molecular flexibility index (Phi) is 6.47. The van der Waals surface area contributed by atoms with Crippen LogP contribution < -0.4 is 15.4 Å². The molecule has 0 saturated carbocycles. The molecule has 2 aromatic carbocycles. The summed E-state index contributed by atoms with van der Waals surface area (Å²) in [7, 11) is 1.55. The Morgan fingerprint density at radius 2 is 1.81 bits per heavy atom. The van der Waals surface area contributed by atoms with Crippen LogP contribution in [0, 0.1) is 6.92 Å². The molecule has 9 heteroatoms. The number of hydrogen-bond donors (Lipinski definition) is 2. The molecule has 0 aromatic heterocycles. The van der Waals surface area contributed by atoms with Gasteiger partial charge in [0.15, 0.2) is 0 Å². The molecule has 2 N–H and O–H groups in total. The molecule has 1 unspecified atom stereocenters. The molecule has 1 aliphatic heterocycles. The Balaban J connectivity index is 1.69. The maximum absolute atomic E-state index is 13.1. The second-order valence-electron chi connectivity index (χ2n) is 7.48. The minimum Gasteiger partial charge on any atom is -0.496 e. The Labute approximate surface area is 185 Å². The third-order valence-corrected chi connectivity index (χ3v) is 5.23. The number of carbonyl (C=O) groups excluding carboxylic acids is 4. The molecular weight excluding hydrogens is 414 g/mol. The van der Waals surface area contributed by atoms with Gasteiger partial charge in [-0.25, -0.2) is 9.59 Å². The molecule has 4 amide bonds. The molecule has 1 fully saturated rings. The first kappa shape index (κ1) is 22.8. The zero-order valence-electron chi connectivity index (χ0n) is 18.4. The van der Waals surface area contributed by atoms with Gasteiger partial charge in [0.05, 0.1) is 19.3 Å². The lowest BCUT2D eigenvalue weighted by atomic mass is 9.90. The lowest BCUT2D eigenvalue weighted by Gasteiger charge is -2.23. The van der Waals surface area contributed by atoms with E-state index < -0.39 is 35.9 Å². The van der Waals surface area contributed by atoms with Gasteiger partial charge in [0, 0.05) is 5.69 Å². The van der Waals surface area contributed by atoms with Crippen LogP contribution in [0.25, 0.3) is 0 Å². The number of benzene rings is 2. The number of urea groups is 1. The van der Waals surface area contributed by atoms with E-state index in [-0.39, 0.29) is 6.61 Å². The first-order valence-corrected chi connectivity index (χ1v) is 10.1. The number of nitrogens with one attached hydrogen (secondary N) is 2. The number of amides is 4. The first-order valence-electron chi connectivity index (χ1n) is 10.1. The molecular formula is C23H25N3O6. The summed E-state index contributed by atoms with van der Waals surface area (Å²) in [6.07, 6.45) is 0. The molecule has 9 nitrogen and oxygen atoms in total. The van der Waals surface area contributed by atoms with Crippen LogP contribution in [-0.4, -0.2) is 49.0 Å². The van der Waals surface area contributed by atoms with Crippen molar-refractivity contribution in [3.05, 3.63) is 59.2 Å². The van der Waals surface area contributed by atoms with E-state index in [4.69, 9.17) is 9.47 Å². The number of ether oxygens (including phenoxy) is 2. The molecule has 1 atom stereocenters. The Bertz CT molecular complexity index is 1070. The fourth-order valence-electron chi connectivity index (χ4n) is 3.47. The van der Waals surface area contributed by atoms with Crippen LogP contribution >= 0.6 is 0 Å². The number of anilines is 1. The normalized spacial score (nSPS) is 17.7. The number of carbonyl (C=O) groups is 4. The molecule has 168 valence electrons. The molecule has 0 spiro atoms. The highest BCUT2D eigenvalue weighted by molar-refractivity contribution is 6.10. The zero-order chi connectivity index (χ0) is 23.5. The minimum atomic E-state index is -1.30. The Morgan fingerprint density at radius 3 is 2.41 bits per heavy atom. The van der Waals surface area contributed by atoms with E-state index in [0.717, 1.165) is 10.5 Å². The average Bonchev–Trinajstić information content (AvgIpc) is 2.98. The van der Waals surface area contributed by atoms with E-state index >= 15 is 0 Å². The molecule has 1 aliphatic rings. The van der Waals surface area contributed by atoms with Gasteiger partial charge in [0.1, 0.15) is 17.8 Å². The smallest absolute Gasteiger partial charge is 0.338 e. The maximum Gasteiger partial charge on any atom is 0.338 e. The standard InChI is InChI=1S/C23H25N3O6/c1-5-32-20(28)15-6-9-17(10-7-15)24-19(27)13-26-21(29)23(3,25-22(26)30)16-8-11-18(31-4)14(2)12-16/h6-12H,5,13H2,1-4H3,(H,24,27)(H,25,30). The summed E-state index contributed by atoms with van der Waals surface area (Å²) in [5, 5.41) is 5.30. The van der Waals surface area contributed by atoms with Crippen molar-refractivity contribution < 1.29 is 28.7 Å². The summed E-state index contributed by atoms with van der Waals surface area (Å²) in [4.78, 5) is 50.6. The van der Waals surface area contributed by atoms with E-state index in [1.54, 1.807) is 51.3 Å². The van der Waals surface area contributed by atoms with Crippen molar-refractivity contribution in [1.29, 1.82) is 0 Å². The van der Waals surface area contributed by atoms with Crippen LogP contribution in [0.4, 0.5) is 10.5 Å². The van der Waals surface area contributed by atoms with Crippen LogP contribution in [0.2, 0.25) is 0 Å². The van der Waals surface area contributed by atoms with Gasteiger partial charge in [-0.05, 0) is 68.3 Å². The number of methoxy groups -OCH3 is 1. The van der Waals surface area contributed by atoms with Crippen LogP contribution in [0.3, 0.4) is 0 Å². The number of nitrogens with zero attached hydrogens (tertiary/aromatic N) is 1. The SMILES string of the molecule is CCOC(=O)c1ccc(NC(=O)CN2C(=O)NC(C)(c3ccc(OC)c(C)c3)C2=O)cc1. The third-order valence-electron chi connectivity index (χ3n) is 5.23. The molecule has 0 radical (unpaired) electrons. The van der Waals surface area contributed by atoms with Crippen molar-refractivity contribution in [3.63, 3.8) is 0 Å². The fourth-order valence-corrected chi connectivity index (χ4v) is 3.47. The highest BCUT2D eigenvalue weighted by atomic mass is 16.5. The van der Waals surface area contributed by atoms with E-state index in [2.05, 4.69) is 10.6 Å². The number of imide groups is 1. The van der Waals surface area contributed by atoms with E-state index in [0.29, 0.717) is 22.6 Å². The first-order chi connectivity index (χ1) is 15.2. The Morgan fingerprint density at radius 1 is 1.12 bits per heavy atom. The van der Waals surface area contributed by atoms with E-state index in [1.165, 1.54) is 12.1 Å². The largest absolute Gasteiger partial charge is 0.496 e. The summed E-state index contributed by atoms with van der Waals surface area (Å²) in [6.45, 7) is 4.96. The molecule has 1 saturated heterocycles. The van der Waals surface area contributed by atoms with Crippen molar-refractivity contribution in [3.8, 4) is 5.75 Å². The second-order valence-corrected chi connectivity index (χ2v) is 7.48. The summed E-state index contributed by atoms with van der Waals surface area (Å²) >= 11 is 0. The predicted octanol–water partition coefficient (Wildman–Crippen LogP) is 2.59. The topological polar surface area (TPSA) is 114 Å². The number of rotatable bonds is 7. The van der Waals surface area contributed by atoms with Crippen LogP contribution in [0.5, 0.6) is 5.75 Å². The highest BCUT2D eigenvalue weighted by Gasteiger charge is 2.49. The molecule has 3 rings (SSSR count). The van der Waals surface area contributed by atoms with Gasteiger partial charge in [-0.2, -0.15) is 0 Å². The summed E-state index contributed by atoms with van der Waals surface area (Å²) < 4.78 is 10.2. The van der Waals surface area contributed by atoms with Gasteiger partial charge in [-0.1, -0.05) is 6.07 Å². The molecule has 2 aromatic rings. The highest BCUT2D eigenvalue weighted by Crippen LogP contribution is 2.31. The zero-order valence-corrected chi connectivity index (χ0v) is 18.4. The van der Waals surface area contributed by atoms with Gasteiger partial charge in [0.25, 0.3) is 5.91 Å². The van der Waals surface area contributed by atoms with E-state index in [9.17, 15) is 19.2 Å². The lowest BCUT2D eigenvalue weighted by Crippen LogP contribution is -2.42. The number of hydrogen-bond acceptors (Lipinski definition) is 6. The number of aryl methyl sites for hydroxylation is 1. The molecule has 0 bridgehead atoms. The van der Waals surface area contributed by atoms with Gasteiger partial charge in [0.2, 0.25) is 5.91 Å². The van der Waals surface area contributed by atoms with E-state index in [1.807, 2.05) is 6.92 Å². The van der Waals surface area contributed by atoms with Crippen molar-refractivity contribution in [1.82, 2.24) is 10.2 Å². The van der Waals surface area contributed by atoms with Crippen molar-refractivity contribution in [2.75, 3.05) is 25.6 Å². The second kappa shape index (κ2) is 9.09. The van der Waals surface area contributed by atoms with Gasteiger partial charge >= 0.3 is 12.0 Å². The third kappa shape index (κ3) is 4.41. The molecule has 0 aliphatic carbocycles. The Hall–Kier alpha value is -3.88. The monoisotopic (exact) mass is 439 g/mol. The molecule has 1 heterocycles. The lowest BCUT2D eigenvalue weighted by molar-refractivity contribution is -0.133. The fraction of sp³-hybridized carbons (Fsp3) is 0.304. The van der Waals surface area contributed by atoms with Crippen LogP contribution in [0.15, 0.2) is 42.5 Å². The summed E-state index contributed by atoms with van der Waals surface area (Å²) in [5.41, 5.74) is 0.880. The number of esters is 1. The minimum absolute atomic E-state index is 0.262. The van der Waals surface area contributed by atoms with Gasteiger partial charge in [-0.15, -0.1) is 0 Å². The van der Waals surface area contributed by atoms with Crippen molar-refractivity contribution >= 4 is 29.5 Å². The summed E-state index contributed by atoms with van der Waals surface area (Å²) in [5.74, 6) is -0.871. The quantitative estimate of drug-likeness (QED) is 0.506. The van der Waals surface area contributed by atoms with Gasteiger partial charge < -0.3 is 20.1 Å². The van der Waals surface area contributed by atoms with Crippen molar-refractivity contribution in [2.24, 2.45) is 0 Å².